The smallest absolute Gasteiger partial charge is 0.414 e. The van der Waals surface area contributed by atoms with Gasteiger partial charge in [-0.05, 0) is 45.0 Å². The Morgan fingerprint density at radius 2 is 2.00 bits per heavy atom. The molecular weight excluding hydrogens is 456 g/mol. The fraction of sp³-hybridized carbons (Fsp3) is 0.250. The van der Waals surface area contributed by atoms with Gasteiger partial charge in [-0.3, -0.25) is 15.0 Å². The normalized spacial score (nSPS) is 11.5. The first-order chi connectivity index (χ1) is 16.1. The summed E-state index contributed by atoms with van der Waals surface area (Å²) in [6.07, 6.45) is 4.53. The van der Waals surface area contributed by atoms with Gasteiger partial charge >= 0.3 is 6.09 Å². The number of ether oxygens (including phenoxy) is 1. The van der Waals surface area contributed by atoms with Crippen LogP contribution in [0.3, 0.4) is 0 Å². The first-order valence-corrected chi connectivity index (χ1v) is 11.3. The van der Waals surface area contributed by atoms with E-state index in [-0.39, 0.29) is 10.6 Å². The van der Waals surface area contributed by atoms with Crippen LogP contribution in [0.2, 0.25) is 0 Å². The zero-order chi connectivity index (χ0) is 24.5. The van der Waals surface area contributed by atoms with Crippen molar-refractivity contribution in [3.05, 3.63) is 77.1 Å². The number of rotatable bonds is 6. The minimum atomic E-state index is -0.616. The van der Waals surface area contributed by atoms with Gasteiger partial charge in [0.25, 0.3) is 5.69 Å². The van der Waals surface area contributed by atoms with E-state index in [1.165, 1.54) is 29.0 Å². The van der Waals surface area contributed by atoms with E-state index < -0.39 is 11.7 Å². The molecule has 0 unspecified atom stereocenters. The maximum atomic E-state index is 12.6. The van der Waals surface area contributed by atoms with Gasteiger partial charge in [0.1, 0.15) is 11.9 Å². The zero-order valence-electron chi connectivity index (χ0n) is 19.2. The van der Waals surface area contributed by atoms with Gasteiger partial charge < -0.3 is 13.7 Å². The molecule has 176 valence electrons. The number of hydrogen-bond acceptors (Lipinski definition) is 7. The van der Waals surface area contributed by atoms with Crippen molar-refractivity contribution in [2.24, 2.45) is 0 Å². The highest BCUT2D eigenvalue weighted by molar-refractivity contribution is 7.99. The Labute approximate surface area is 200 Å². The molecule has 0 N–H and O–H groups in total. The molecule has 0 spiro atoms. The van der Waals surface area contributed by atoms with Crippen LogP contribution in [0.15, 0.2) is 75.3 Å². The summed E-state index contributed by atoms with van der Waals surface area (Å²) in [6, 6.07) is 12.2. The van der Waals surface area contributed by atoms with Gasteiger partial charge in [-0.15, -0.1) is 0 Å². The third-order valence-electron chi connectivity index (χ3n) is 4.95. The monoisotopic (exact) mass is 480 g/mol. The molecule has 0 saturated carbocycles. The van der Waals surface area contributed by atoms with Crippen LogP contribution in [-0.4, -0.2) is 33.2 Å². The number of benzene rings is 2. The molecule has 0 atom stereocenters. The number of carbonyl (C=O) groups is 1. The number of amides is 1. The van der Waals surface area contributed by atoms with E-state index in [0.717, 1.165) is 15.8 Å². The van der Waals surface area contributed by atoms with E-state index in [1.807, 2.05) is 49.7 Å². The molecule has 0 aliphatic heterocycles. The third-order valence-corrected chi connectivity index (χ3v) is 6.07. The lowest BCUT2D eigenvalue weighted by Gasteiger charge is -2.24. The summed E-state index contributed by atoms with van der Waals surface area (Å²) in [4.78, 5) is 30.7. The molecule has 34 heavy (non-hydrogen) atoms. The van der Waals surface area contributed by atoms with Gasteiger partial charge in [-0.1, -0.05) is 23.9 Å². The van der Waals surface area contributed by atoms with Crippen LogP contribution in [0, 0.1) is 10.1 Å². The van der Waals surface area contributed by atoms with Crippen molar-refractivity contribution in [1.82, 2.24) is 9.55 Å². The van der Waals surface area contributed by atoms with Crippen molar-refractivity contribution in [2.75, 3.05) is 11.9 Å². The third kappa shape index (κ3) is 5.07. The van der Waals surface area contributed by atoms with Crippen molar-refractivity contribution in [3.63, 3.8) is 0 Å². The standard InChI is InChI=1S/C24H24N4O5S/c1-24(2,3)33-23(29)26(4)16-9-10-17-19(13-16)27(15-22-25-11-12-32-22)14-21(17)34-20-8-6-5-7-18(20)28(30)31/h5-14H,15H2,1-4H3. The van der Waals surface area contributed by atoms with E-state index in [9.17, 15) is 14.9 Å². The highest BCUT2D eigenvalue weighted by Crippen LogP contribution is 2.40. The van der Waals surface area contributed by atoms with Gasteiger partial charge in [0, 0.05) is 35.3 Å². The Balaban J connectivity index is 1.76. The van der Waals surface area contributed by atoms with E-state index in [2.05, 4.69) is 4.98 Å². The molecule has 0 aliphatic rings. The summed E-state index contributed by atoms with van der Waals surface area (Å²) < 4.78 is 12.9. The average Bonchev–Trinajstić information content (AvgIpc) is 3.40. The molecular formula is C24H24N4O5S. The maximum Gasteiger partial charge on any atom is 0.414 e. The summed E-state index contributed by atoms with van der Waals surface area (Å²) in [5, 5.41) is 12.4. The number of anilines is 1. The van der Waals surface area contributed by atoms with Crippen LogP contribution in [-0.2, 0) is 11.3 Å². The number of nitrogens with zero attached hydrogens (tertiary/aromatic N) is 4. The van der Waals surface area contributed by atoms with Crippen LogP contribution < -0.4 is 4.90 Å². The van der Waals surface area contributed by atoms with Crippen molar-refractivity contribution < 1.29 is 18.9 Å². The number of hydrogen-bond donors (Lipinski definition) is 0. The summed E-state index contributed by atoms with van der Waals surface area (Å²) in [5.41, 5.74) is 0.903. The summed E-state index contributed by atoms with van der Waals surface area (Å²) in [6.45, 7) is 5.81. The minimum Gasteiger partial charge on any atom is -0.447 e. The first kappa shape index (κ1) is 23.4. The molecule has 1 amide bonds. The number of nitro groups is 1. The van der Waals surface area contributed by atoms with E-state index >= 15 is 0 Å². The Hall–Kier alpha value is -3.79. The topological polar surface area (TPSA) is 104 Å². The second kappa shape index (κ2) is 9.22. The highest BCUT2D eigenvalue weighted by atomic mass is 32.2. The van der Waals surface area contributed by atoms with Gasteiger partial charge in [0.05, 0.1) is 28.1 Å². The Kier molecular flexibility index (Phi) is 6.34. The molecule has 0 bridgehead atoms. The molecule has 9 nitrogen and oxygen atoms in total. The lowest BCUT2D eigenvalue weighted by molar-refractivity contribution is -0.387. The van der Waals surface area contributed by atoms with Crippen LogP contribution >= 0.6 is 11.8 Å². The predicted molar refractivity (Wildman–Crippen MR) is 129 cm³/mol. The van der Waals surface area contributed by atoms with E-state index in [0.29, 0.717) is 23.0 Å². The second-order valence-electron chi connectivity index (χ2n) is 8.61. The number of fused-ring (bicyclic) bond motifs is 1. The SMILES string of the molecule is CN(C(=O)OC(C)(C)C)c1ccc2c(Sc3ccccc3[N+](=O)[O-])cn(Cc3ncco3)c2c1. The average molecular weight is 481 g/mol. The van der Waals surface area contributed by atoms with Crippen LogP contribution in [0.4, 0.5) is 16.2 Å². The van der Waals surface area contributed by atoms with Crippen molar-refractivity contribution in [1.29, 1.82) is 0 Å². The molecule has 2 heterocycles. The van der Waals surface area contributed by atoms with Gasteiger partial charge in [0.2, 0.25) is 5.89 Å². The van der Waals surface area contributed by atoms with Crippen LogP contribution in [0.1, 0.15) is 26.7 Å². The van der Waals surface area contributed by atoms with E-state index in [1.54, 1.807) is 31.4 Å². The molecule has 0 fully saturated rings. The Bertz CT molecular complexity index is 1340. The molecule has 2 aromatic carbocycles. The quantitative estimate of drug-likeness (QED) is 0.242. The van der Waals surface area contributed by atoms with Gasteiger partial charge in [0.15, 0.2) is 0 Å². The number of oxazole rings is 1. The number of aromatic nitrogens is 2. The first-order valence-electron chi connectivity index (χ1n) is 10.5. The number of para-hydroxylation sites is 1. The fourth-order valence-electron chi connectivity index (χ4n) is 3.39. The zero-order valence-corrected chi connectivity index (χ0v) is 20.0. The second-order valence-corrected chi connectivity index (χ2v) is 9.70. The molecule has 10 heteroatoms. The van der Waals surface area contributed by atoms with E-state index in [4.69, 9.17) is 9.15 Å². The van der Waals surface area contributed by atoms with Crippen molar-refractivity contribution >= 4 is 40.1 Å². The van der Waals surface area contributed by atoms with Gasteiger partial charge in [-0.2, -0.15) is 0 Å². The summed E-state index contributed by atoms with van der Waals surface area (Å²) in [7, 11) is 1.65. The van der Waals surface area contributed by atoms with Crippen LogP contribution in [0.25, 0.3) is 10.9 Å². The molecule has 0 saturated heterocycles. The lowest BCUT2D eigenvalue weighted by atomic mass is 10.2. The molecule has 0 radical (unpaired) electrons. The Morgan fingerprint density at radius 3 is 2.68 bits per heavy atom. The fourth-order valence-corrected chi connectivity index (χ4v) is 4.49. The Morgan fingerprint density at radius 1 is 1.24 bits per heavy atom. The largest absolute Gasteiger partial charge is 0.447 e. The molecule has 2 aromatic heterocycles. The lowest BCUT2D eigenvalue weighted by Crippen LogP contribution is -2.34. The van der Waals surface area contributed by atoms with Gasteiger partial charge in [-0.25, -0.2) is 9.78 Å². The van der Waals surface area contributed by atoms with Crippen LogP contribution in [0.5, 0.6) is 0 Å². The molecule has 4 aromatic rings. The predicted octanol–water partition coefficient (Wildman–Crippen LogP) is 6.11. The minimum absolute atomic E-state index is 0.0439. The number of carbonyl (C=O) groups excluding carboxylic acids is 1. The summed E-state index contributed by atoms with van der Waals surface area (Å²) >= 11 is 1.32. The van der Waals surface area contributed by atoms with Crippen molar-refractivity contribution in [2.45, 2.75) is 42.7 Å². The molecule has 0 aliphatic carbocycles. The summed E-state index contributed by atoms with van der Waals surface area (Å²) in [5.74, 6) is 0.519. The number of nitro benzene ring substituents is 1. The van der Waals surface area contributed by atoms with Crippen molar-refractivity contribution in [3.8, 4) is 0 Å². The maximum absolute atomic E-state index is 12.6. The molecule has 4 rings (SSSR count). The highest BCUT2D eigenvalue weighted by Gasteiger charge is 2.22.